The number of hydrogen-bond acceptors (Lipinski definition) is 6. The smallest absolute Gasteiger partial charge is 0.306 e. The van der Waals surface area contributed by atoms with Gasteiger partial charge in [-0.25, -0.2) is 0 Å². The van der Waals surface area contributed by atoms with Gasteiger partial charge in [0.1, 0.15) is 12.2 Å². The standard InChI is InChI=1S/C12H20O6/c1-11(2)17-7-8(18-11)10(15)12(3,9(7)14)5-6(13)16-4/h7-10,14-15H,5H2,1-4H3/t7-,8+,9-,10+,12?. The number of rotatable bonds is 2. The minimum absolute atomic E-state index is 0.0774. The summed E-state index contributed by atoms with van der Waals surface area (Å²) >= 11 is 0. The summed E-state index contributed by atoms with van der Waals surface area (Å²) < 4.78 is 15.8. The Morgan fingerprint density at radius 3 is 2.00 bits per heavy atom. The number of carbonyl (C=O) groups excluding carboxylic acids is 1. The molecule has 1 unspecified atom stereocenters. The lowest BCUT2D eigenvalue weighted by Gasteiger charge is -2.33. The van der Waals surface area contributed by atoms with Crippen LogP contribution in [0.4, 0.5) is 0 Å². The van der Waals surface area contributed by atoms with E-state index in [0.717, 1.165) is 0 Å². The lowest BCUT2D eigenvalue weighted by molar-refractivity contribution is -0.196. The first-order chi connectivity index (χ1) is 8.21. The third kappa shape index (κ3) is 1.93. The highest BCUT2D eigenvalue weighted by Gasteiger charge is 2.64. The van der Waals surface area contributed by atoms with Crippen molar-refractivity contribution >= 4 is 5.97 Å². The van der Waals surface area contributed by atoms with E-state index >= 15 is 0 Å². The zero-order valence-corrected chi connectivity index (χ0v) is 11.0. The van der Waals surface area contributed by atoms with Crippen LogP contribution in [-0.2, 0) is 19.0 Å². The summed E-state index contributed by atoms with van der Waals surface area (Å²) in [5, 5.41) is 20.6. The molecule has 6 heteroatoms. The Hall–Kier alpha value is -0.690. The second-order valence-electron chi connectivity index (χ2n) is 5.71. The molecule has 0 aromatic rings. The fourth-order valence-electron chi connectivity index (χ4n) is 2.82. The second kappa shape index (κ2) is 4.16. The van der Waals surface area contributed by atoms with E-state index in [2.05, 4.69) is 4.74 Å². The molecule has 18 heavy (non-hydrogen) atoms. The molecule has 0 spiro atoms. The third-order valence-corrected chi connectivity index (χ3v) is 3.89. The van der Waals surface area contributed by atoms with Gasteiger partial charge in [0, 0.05) is 5.41 Å². The van der Waals surface area contributed by atoms with Crippen LogP contribution in [0.3, 0.4) is 0 Å². The first-order valence-corrected chi connectivity index (χ1v) is 6.00. The van der Waals surface area contributed by atoms with Crippen LogP contribution in [0.25, 0.3) is 0 Å². The zero-order valence-electron chi connectivity index (χ0n) is 11.0. The zero-order chi connectivity index (χ0) is 13.7. The summed E-state index contributed by atoms with van der Waals surface area (Å²) in [4.78, 5) is 11.4. The minimum atomic E-state index is -1.01. The molecular formula is C12H20O6. The van der Waals surface area contributed by atoms with Gasteiger partial charge in [0.25, 0.3) is 0 Å². The molecule has 1 aliphatic heterocycles. The Morgan fingerprint density at radius 1 is 1.17 bits per heavy atom. The van der Waals surface area contributed by atoms with Gasteiger partial charge in [-0.15, -0.1) is 0 Å². The van der Waals surface area contributed by atoms with E-state index in [1.807, 2.05) is 0 Å². The van der Waals surface area contributed by atoms with Crippen LogP contribution in [0.5, 0.6) is 0 Å². The molecular weight excluding hydrogens is 240 g/mol. The molecule has 2 aliphatic rings. The third-order valence-electron chi connectivity index (χ3n) is 3.89. The summed E-state index contributed by atoms with van der Waals surface area (Å²) in [5.41, 5.74) is -1.01. The van der Waals surface area contributed by atoms with Crippen molar-refractivity contribution in [2.24, 2.45) is 5.41 Å². The lowest BCUT2D eigenvalue weighted by Crippen LogP contribution is -2.44. The van der Waals surface area contributed by atoms with E-state index < -0.39 is 41.6 Å². The quantitative estimate of drug-likeness (QED) is 0.669. The van der Waals surface area contributed by atoms with Crippen molar-refractivity contribution in [2.75, 3.05) is 7.11 Å². The van der Waals surface area contributed by atoms with E-state index in [9.17, 15) is 15.0 Å². The van der Waals surface area contributed by atoms with Crippen LogP contribution in [0.2, 0.25) is 0 Å². The maximum absolute atomic E-state index is 11.4. The van der Waals surface area contributed by atoms with Crippen molar-refractivity contribution in [2.45, 2.75) is 57.4 Å². The molecule has 104 valence electrons. The van der Waals surface area contributed by atoms with Crippen LogP contribution in [-0.4, -0.2) is 53.5 Å². The number of aliphatic hydroxyl groups is 2. The van der Waals surface area contributed by atoms with Gasteiger partial charge < -0.3 is 24.4 Å². The monoisotopic (exact) mass is 260 g/mol. The van der Waals surface area contributed by atoms with Gasteiger partial charge >= 0.3 is 5.97 Å². The maximum Gasteiger partial charge on any atom is 0.306 e. The molecule has 2 N–H and O–H groups in total. The van der Waals surface area contributed by atoms with Gasteiger partial charge in [0.15, 0.2) is 5.79 Å². The van der Waals surface area contributed by atoms with Crippen molar-refractivity contribution < 1.29 is 29.2 Å². The van der Waals surface area contributed by atoms with Crippen LogP contribution in [0.1, 0.15) is 27.2 Å². The molecule has 0 radical (unpaired) electrons. The van der Waals surface area contributed by atoms with Gasteiger partial charge in [0.05, 0.1) is 25.7 Å². The summed E-state index contributed by atoms with van der Waals surface area (Å²) in [6.07, 6.45) is -3.27. The first-order valence-electron chi connectivity index (χ1n) is 6.00. The average molecular weight is 260 g/mol. The van der Waals surface area contributed by atoms with Crippen LogP contribution >= 0.6 is 0 Å². The fourth-order valence-corrected chi connectivity index (χ4v) is 2.82. The summed E-state index contributed by atoms with van der Waals surface area (Å²) in [6, 6.07) is 0. The van der Waals surface area contributed by atoms with E-state index in [0.29, 0.717) is 0 Å². The number of esters is 1. The highest BCUT2D eigenvalue weighted by atomic mass is 16.8. The normalized spacial score (nSPS) is 45.9. The molecule has 1 heterocycles. The van der Waals surface area contributed by atoms with Gasteiger partial charge in [0.2, 0.25) is 0 Å². The van der Waals surface area contributed by atoms with Crippen molar-refractivity contribution in [1.82, 2.24) is 0 Å². The average Bonchev–Trinajstić information content (AvgIpc) is 2.68. The van der Waals surface area contributed by atoms with E-state index in [1.54, 1.807) is 20.8 Å². The molecule has 0 bridgehead atoms. The van der Waals surface area contributed by atoms with E-state index in [1.165, 1.54) is 7.11 Å². The predicted octanol–water partition coefficient (Wildman–Crippen LogP) is -0.189. The van der Waals surface area contributed by atoms with Crippen LogP contribution in [0.15, 0.2) is 0 Å². The number of carbonyl (C=O) groups is 1. The fraction of sp³-hybridized carbons (Fsp3) is 0.917. The SMILES string of the molecule is COC(=O)CC1(C)[C@H](O)[C@@H]2OC(C)(C)O[C@@H]2[C@@H]1O. The molecule has 0 aromatic carbocycles. The van der Waals surface area contributed by atoms with Gasteiger partial charge in [-0.05, 0) is 13.8 Å². The largest absolute Gasteiger partial charge is 0.469 e. The Kier molecular flexibility index (Phi) is 3.18. The summed E-state index contributed by atoms with van der Waals surface area (Å²) in [7, 11) is 1.27. The van der Waals surface area contributed by atoms with Crippen LogP contribution in [0, 0.1) is 5.41 Å². The van der Waals surface area contributed by atoms with E-state index in [-0.39, 0.29) is 6.42 Å². The number of ether oxygens (including phenoxy) is 3. The Labute approximate surface area is 106 Å². The van der Waals surface area contributed by atoms with Gasteiger partial charge in [-0.1, -0.05) is 6.92 Å². The second-order valence-corrected chi connectivity index (χ2v) is 5.71. The molecule has 1 saturated heterocycles. The molecule has 5 atom stereocenters. The van der Waals surface area contributed by atoms with Gasteiger partial charge in [-0.3, -0.25) is 4.79 Å². The highest BCUT2D eigenvalue weighted by molar-refractivity contribution is 5.70. The number of fused-ring (bicyclic) bond motifs is 1. The number of hydrogen-bond donors (Lipinski definition) is 2. The Bertz CT molecular complexity index is 332. The van der Waals surface area contributed by atoms with Crippen molar-refractivity contribution in [1.29, 1.82) is 0 Å². The molecule has 2 fully saturated rings. The maximum atomic E-state index is 11.4. The lowest BCUT2D eigenvalue weighted by atomic mass is 9.80. The predicted molar refractivity (Wildman–Crippen MR) is 60.6 cm³/mol. The Morgan fingerprint density at radius 2 is 1.61 bits per heavy atom. The van der Waals surface area contributed by atoms with Crippen molar-refractivity contribution in [3.05, 3.63) is 0 Å². The molecule has 1 aliphatic carbocycles. The Balaban J connectivity index is 2.20. The molecule has 0 amide bonds. The highest BCUT2D eigenvalue weighted by Crippen LogP contribution is 2.49. The topological polar surface area (TPSA) is 85.2 Å². The first kappa shape index (κ1) is 13.7. The molecule has 2 rings (SSSR count). The summed E-state index contributed by atoms with van der Waals surface area (Å²) in [6.45, 7) is 5.09. The van der Waals surface area contributed by atoms with Gasteiger partial charge in [-0.2, -0.15) is 0 Å². The van der Waals surface area contributed by atoms with E-state index in [4.69, 9.17) is 9.47 Å². The summed E-state index contributed by atoms with van der Waals surface area (Å²) in [5.74, 6) is -1.31. The van der Waals surface area contributed by atoms with Crippen molar-refractivity contribution in [3.63, 3.8) is 0 Å². The number of methoxy groups -OCH3 is 1. The van der Waals surface area contributed by atoms with Crippen LogP contribution < -0.4 is 0 Å². The van der Waals surface area contributed by atoms with Crippen molar-refractivity contribution in [3.8, 4) is 0 Å². The minimum Gasteiger partial charge on any atom is -0.469 e. The number of aliphatic hydroxyl groups excluding tert-OH is 2. The molecule has 1 saturated carbocycles. The molecule has 0 aromatic heterocycles. The molecule has 6 nitrogen and oxygen atoms in total.